The van der Waals surface area contributed by atoms with Gasteiger partial charge in [-0.05, 0) is 40.9 Å². The first-order chi connectivity index (χ1) is 7.27. The van der Waals surface area contributed by atoms with E-state index in [1.54, 1.807) is 19.0 Å². The lowest BCUT2D eigenvalue weighted by Crippen LogP contribution is -2.46. The van der Waals surface area contributed by atoms with E-state index in [9.17, 15) is 4.79 Å². The van der Waals surface area contributed by atoms with Gasteiger partial charge >= 0.3 is 0 Å². The Bertz CT molecular complexity index is 212. The topological polar surface area (TPSA) is 35.6 Å². The van der Waals surface area contributed by atoms with Gasteiger partial charge in [0.1, 0.15) is 0 Å². The summed E-state index contributed by atoms with van der Waals surface area (Å²) in [5.41, 5.74) is 0.158. The van der Waals surface area contributed by atoms with Crippen LogP contribution >= 0.6 is 0 Å². The molecule has 0 spiro atoms. The third kappa shape index (κ3) is 6.08. The third-order valence-electron chi connectivity index (χ3n) is 3.01. The van der Waals surface area contributed by atoms with E-state index in [0.29, 0.717) is 6.42 Å². The molecule has 0 unspecified atom stereocenters. The van der Waals surface area contributed by atoms with Crippen LogP contribution in [0.4, 0.5) is 0 Å². The zero-order chi connectivity index (χ0) is 12.8. The highest BCUT2D eigenvalue weighted by Gasteiger charge is 2.19. The molecule has 0 saturated carbocycles. The summed E-state index contributed by atoms with van der Waals surface area (Å²) in [5.74, 6) is 0.202. The van der Waals surface area contributed by atoms with Gasteiger partial charge < -0.3 is 15.1 Å². The van der Waals surface area contributed by atoms with E-state index in [1.165, 1.54) is 0 Å². The van der Waals surface area contributed by atoms with E-state index in [0.717, 1.165) is 19.5 Å². The van der Waals surface area contributed by atoms with Crippen molar-refractivity contribution in [2.45, 2.75) is 32.2 Å². The maximum atomic E-state index is 11.3. The molecule has 0 rings (SSSR count). The van der Waals surface area contributed by atoms with Gasteiger partial charge in [-0.2, -0.15) is 0 Å². The molecule has 1 amide bonds. The molecule has 0 saturated heterocycles. The summed E-state index contributed by atoms with van der Waals surface area (Å²) < 4.78 is 0. The number of hydrogen-bond acceptors (Lipinski definition) is 3. The van der Waals surface area contributed by atoms with Crippen LogP contribution in [-0.4, -0.2) is 62.5 Å². The number of hydrogen-bond donors (Lipinski definition) is 1. The summed E-state index contributed by atoms with van der Waals surface area (Å²) in [7, 11) is 7.75. The van der Waals surface area contributed by atoms with Crippen molar-refractivity contribution in [2.24, 2.45) is 0 Å². The molecule has 0 aromatic carbocycles. The Labute approximate surface area is 100.0 Å². The summed E-state index contributed by atoms with van der Waals surface area (Å²) in [6.07, 6.45) is 1.53. The third-order valence-corrected chi connectivity index (χ3v) is 3.01. The van der Waals surface area contributed by atoms with Crippen LogP contribution in [0.1, 0.15) is 26.7 Å². The summed E-state index contributed by atoms with van der Waals surface area (Å²) >= 11 is 0. The Morgan fingerprint density at radius 1 is 1.19 bits per heavy atom. The Morgan fingerprint density at radius 2 is 1.75 bits per heavy atom. The van der Waals surface area contributed by atoms with Crippen molar-refractivity contribution >= 4 is 5.91 Å². The van der Waals surface area contributed by atoms with Crippen molar-refractivity contribution < 1.29 is 4.79 Å². The predicted molar refractivity (Wildman–Crippen MR) is 68.6 cm³/mol. The van der Waals surface area contributed by atoms with Crippen LogP contribution in [-0.2, 0) is 4.79 Å². The van der Waals surface area contributed by atoms with Crippen molar-refractivity contribution in [2.75, 3.05) is 41.3 Å². The van der Waals surface area contributed by atoms with Gasteiger partial charge in [-0.1, -0.05) is 0 Å². The number of carbonyl (C=O) groups is 1. The van der Waals surface area contributed by atoms with Gasteiger partial charge in [0.2, 0.25) is 5.91 Å². The molecule has 0 atom stereocenters. The first-order valence-electron chi connectivity index (χ1n) is 5.85. The zero-order valence-electron chi connectivity index (χ0n) is 11.6. The molecule has 0 aliphatic heterocycles. The molecule has 0 heterocycles. The molecule has 4 heteroatoms. The van der Waals surface area contributed by atoms with Gasteiger partial charge in [-0.3, -0.25) is 4.79 Å². The van der Waals surface area contributed by atoms with E-state index >= 15 is 0 Å². The maximum absolute atomic E-state index is 11.3. The minimum atomic E-state index is 0.158. The lowest BCUT2D eigenvalue weighted by atomic mass is 10.0. The molecule has 0 aromatic rings. The van der Waals surface area contributed by atoms with Crippen LogP contribution < -0.4 is 5.32 Å². The monoisotopic (exact) mass is 229 g/mol. The fourth-order valence-corrected chi connectivity index (χ4v) is 1.14. The molecule has 0 aliphatic rings. The van der Waals surface area contributed by atoms with E-state index < -0.39 is 0 Å². The molecule has 1 N–H and O–H groups in total. The molecule has 0 aliphatic carbocycles. The van der Waals surface area contributed by atoms with Crippen LogP contribution in [0.2, 0.25) is 0 Å². The Kier molecular flexibility index (Phi) is 6.60. The Hall–Kier alpha value is -0.610. The van der Waals surface area contributed by atoms with E-state index in [1.807, 2.05) is 0 Å². The summed E-state index contributed by atoms with van der Waals surface area (Å²) in [6, 6.07) is 0. The first-order valence-corrected chi connectivity index (χ1v) is 5.85. The maximum Gasteiger partial charge on any atom is 0.222 e. The number of nitrogens with zero attached hydrogens (tertiary/aromatic N) is 2. The number of likely N-dealkylation sites (N-methyl/N-ethyl adjacent to an activating group) is 1. The van der Waals surface area contributed by atoms with Crippen molar-refractivity contribution in [3.63, 3.8) is 0 Å². The molecule has 0 aromatic heterocycles. The Balaban J connectivity index is 3.58. The molecule has 4 nitrogen and oxygen atoms in total. The molecule has 0 radical (unpaired) electrons. The van der Waals surface area contributed by atoms with Crippen LogP contribution in [0, 0.1) is 0 Å². The molecule has 16 heavy (non-hydrogen) atoms. The minimum Gasteiger partial charge on any atom is -0.349 e. The number of rotatable bonds is 7. The van der Waals surface area contributed by atoms with Gasteiger partial charge in [-0.25, -0.2) is 0 Å². The van der Waals surface area contributed by atoms with Crippen LogP contribution in [0.5, 0.6) is 0 Å². The van der Waals surface area contributed by atoms with E-state index in [4.69, 9.17) is 0 Å². The standard InChI is InChI=1S/C12H27N3O/c1-12(2,15(5)6)10-13-9-7-8-11(16)14(3)4/h13H,7-10H2,1-6H3. The van der Waals surface area contributed by atoms with Crippen molar-refractivity contribution in [3.05, 3.63) is 0 Å². The van der Waals surface area contributed by atoms with Gasteiger partial charge in [0.05, 0.1) is 0 Å². The fraction of sp³-hybridized carbons (Fsp3) is 0.917. The number of amides is 1. The second-order valence-electron chi connectivity index (χ2n) is 5.28. The second kappa shape index (κ2) is 6.86. The average Bonchev–Trinajstić information content (AvgIpc) is 2.16. The quantitative estimate of drug-likeness (QED) is 0.656. The molecule has 0 fully saturated rings. The summed E-state index contributed by atoms with van der Waals surface area (Å²) in [4.78, 5) is 15.1. The molecular weight excluding hydrogens is 202 g/mol. The average molecular weight is 229 g/mol. The van der Waals surface area contributed by atoms with Gasteiger partial charge in [-0.15, -0.1) is 0 Å². The Morgan fingerprint density at radius 3 is 2.19 bits per heavy atom. The van der Waals surface area contributed by atoms with Gasteiger partial charge in [0.25, 0.3) is 0 Å². The van der Waals surface area contributed by atoms with Crippen LogP contribution in [0.25, 0.3) is 0 Å². The minimum absolute atomic E-state index is 0.158. The van der Waals surface area contributed by atoms with Crippen molar-refractivity contribution in [3.8, 4) is 0 Å². The fourth-order valence-electron chi connectivity index (χ4n) is 1.14. The summed E-state index contributed by atoms with van der Waals surface area (Å²) in [6.45, 7) is 6.24. The van der Waals surface area contributed by atoms with Crippen LogP contribution in [0.15, 0.2) is 0 Å². The lowest BCUT2D eigenvalue weighted by molar-refractivity contribution is -0.128. The first kappa shape index (κ1) is 15.4. The van der Waals surface area contributed by atoms with Gasteiger partial charge in [0, 0.05) is 32.6 Å². The molecule has 0 bridgehead atoms. The second-order valence-corrected chi connectivity index (χ2v) is 5.28. The highest BCUT2D eigenvalue weighted by Crippen LogP contribution is 2.07. The molecular formula is C12H27N3O. The normalized spacial score (nSPS) is 11.9. The highest BCUT2D eigenvalue weighted by atomic mass is 16.2. The highest BCUT2D eigenvalue weighted by molar-refractivity contribution is 5.75. The predicted octanol–water partition coefficient (Wildman–Crippen LogP) is 0.785. The zero-order valence-corrected chi connectivity index (χ0v) is 11.6. The van der Waals surface area contributed by atoms with E-state index in [-0.39, 0.29) is 11.4 Å². The smallest absolute Gasteiger partial charge is 0.222 e. The van der Waals surface area contributed by atoms with E-state index in [2.05, 4.69) is 38.2 Å². The lowest BCUT2D eigenvalue weighted by Gasteiger charge is -2.32. The number of nitrogens with one attached hydrogen (secondary N) is 1. The SMILES string of the molecule is CN(C)C(=O)CCCNCC(C)(C)N(C)C. The van der Waals surface area contributed by atoms with Crippen molar-refractivity contribution in [1.82, 2.24) is 15.1 Å². The van der Waals surface area contributed by atoms with Crippen LogP contribution in [0.3, 0.4) is 0 Å². The molecule has 96 valence electrons. The largest absolute Gasteiger partial charge is 0.349 e. The van der Waals surface area contributed by atoms with Crippen molar-refractivity contribution in [1.29, 1.82) is 0 Å². The number of carbonyl (C=O) groups excluding carboxylic acids is 1. The van der Waals surface area contributed by atoms with Gasteiger partial charge in [0.15, 0.2) is 0 Å². The summed E-state index contributed by atoms with van der Waals surface area (Å²) in [5, 5.41) is 3.39.